The van der Waals surface area contributed by atoms with Gasteiger partial charge in [0.25, 0.3) is 5.91 Å². The van der Waals surface area contributed by atoms with Crippen LogP contribution >= 0.6 is 0 Å². The van der Waals surface area contributed by atoms with E-state index in [4.69, 9.17) is 4.74 Å². The van der Waals surface area contributed by atoms with Gasteiger partial charge < -0.3 is 9.64 Å². The van der Waals surface area contributed by atoms with Crippen molar-refractivity contribution < 1.29 is 22.7 Å². The summed E-state index contributed by atoms with van der Waals surface area (Å²) in [6.45, 7) is 4.03. The Hall–Kier alpha value is -3.30. The number of methoxy groups -OCH3 is 1. The van der Waals surface area contributed by atoms with Crippen LogP contribution in [0.25, 0.3) is 11.3 Å². The van der Waals surface area contributed by atoms with Crippen LogP contribution in [0.15, 0.2) is 18.2 Å². The number of aromatic nitrogens is 4. The summed E-state index contributed by atoms with van der Waals surface area (Å²) in [5, 5.41) is 8.19. The van der Waals surface area contributed by atoms with Crippen molar-refractivity contribution in [1.82, 2.24) is 24.5 Å². The molecule has 1 aromatic carbocycles. The highest BCUT2D eigenvalue weighted by atomic mass is 19.4. The van der Waals surface area contributed by atoms with E-state index >= 15 is 0 Å². The smallest absolute Gasteiger partial charge is 0.435 e. The van der Waals surface area contributed by atoms with Crippen molar-refractivity contribution in [3.05, 3.63) is 52.0 Å². The van der Waals surface area contributed by atoms with Crippen LogP contribution in [0.3, 0.4) is 0 Å². The molecule has 1 aliphatic heterocycles. The van der Waals surface area contributed by atoms with E-state index in [0.29, 0.717) is 41.4 Å². The largest absolute Gasteiger partial charge is 0.496 e. The average molecular weight is 447 g/mol. The average Bonchev–Trinajstić information content (AvgIpc) is 3.22. The zero-order valence-electron chi connectivity index (χ0n) is 18.5. The molecule has 2 aromatic heterocycles. The predicted molar refractivity (Wildman–Crippen MR) is 111 cm³/mol. The third-order valence-electron chi connectivity index (χ3n) is 6.06. The molecule has 32 heavy (non-hydrogen) atoms. The molecule has 4 rings (SSSR count). The van der Waals surface area contributed by atoms with Gasteiger partial charge in [0.1, 0.15) is 5.75 Å². The third-order valence-corrected chi connectivity index (χ3v) is 6.06. The molecule has 0 bridgehead atoms. The summed E-state index contributed by atoms with van der Waals surface area (Å²) < 4.78 is 49.1. The van der Waals surface area contributed by atoms with Gasteiger partial charge in [0.15, 0.2) is 5.69 Å². The van der Waals surface area contributed by atoms with Gasteiger partial charge in [0.2, 0.25) is 0 Å². The van der Waals surface area contributed by atoms with Crippen LogP contribution in [0.5, 0.6) is 5.75 Å². The molecule has 0 spiro atoms. The predicted octanol–water partition coefficient (Wildman–Crippen LogP) is 3.66. The second kappa shape index (κ2) is 7.68. The van der Waals surface area contributed by atoms with Crippen molar-refractivity contribution >= 4 is 5.91 Å². The van der Waals surface area contributed by atoms with E-state index in [1.54, 1.807) is 44.2 Å². The number of carbonyl (C=O) groups excluding carboxylic acids is 1. The number of alkyl halides is 3. The Morgan fingerprint density at radius 3 is 2.50 bits per heavy atom. The minimum atomic E-state index is -4.58. The molecule has 0 aliphatic carbocycles. The van der Waals surface area contributed by atoms with E-state index < -0.39 is 11.9 Å². The normalized spacial score (nSPS) is 13.9. The highest BCUT2D eigenvalue weighted by Gasteiger charge is 2.41. The molecule has 1 amide bonds. The zero-order valence-corrected chi connectivity index (χ0v) is 18.5. The van der Waals surface area contributed by atoms with Gasteiger partial charge in [-0.3, -0.25) is 14.2 Å². The van der Waals surface area contributed by atoms with Crippen LogP contribution in [0, 0.1) is 13.8 Å². The molecule has 0 atom stereocenters. The quantitative estimate of drug-likeness (QED) is 0.615. The maximum atomic E-state index is 13.7. The van der Waals surface area contributed by atoms with Crippen LogP contribution in [0.2, 0.25) is 0 Å². The first-order valence-electron chi connectivity index (χ1n) is 10.1. The lowest BCUT2D eigenvalue weighted by molar-refractivity contribution is -0.141. The summed E-state index contributed by atoms with van der Waals surface area (Å²) in [4.78, 5) is 14.8. The van der Waals surface area contributed by atoms with Crippen LogP contribution in [0.4, 0.5) is 13.2 Å². The van der Waals surface area contributed by atoms with Crippen LogP contribution < -0.4 is 4.74 Å². The summed E-state index contributed by atoms with van der Waals surface area (Å²) >= 11 is 0. The number of amides is 1. The van der Waals surface area contributed by atoms with E-state index in [-0.39, 0.29) is 18.0 Å². The number of halogens is 3. The topological polar surface area (TPSA) is 65.2 Å². The summed E-state index contributed by atoms with van der Waals surface area (Å²) in [6.07, 6.45) is -4.18. The molecule has 0 saturated heterocycles. The Balaban J connectivity index is 1.72. The fraction of sp³-hybridized carbons (Fsp3) is 0.409. The molecular weight excluding hydrogens is 423 g/mol. The SMILES string of the molecule is COc1cccc(C(=O)N2CCc3c(nn(C)c3-c3c(C(F)(F)F)nn(C)c3C)C2)c1C. The van der Waals surface area contributed by atoms with Crippen molar-refractivity contribution in [3.8, 4) is 17.0 Å². The maximum absolute atomic E-state index is 13.7. The van der Waals surface area contributed by atoms with Crippen molar-refractivity contribution in [3.63, 3.8) is 0 Å². The molecule has 0 radical (unpaired) electrons. The first kappa shape index (κ1) is 21.9. The number of nitrogens with zero attached hydrogens (tertiary/aromatic N) is 5. The lowest BCUT2D eigenvalue weighted by Crippen LogP contribution is -2.36. The number of hydrogen-bond donors (Lipinski definition) is 0. The first-order valence-corrected chi connectivity index (χ1v) is 10.1. The van der Waals surface area contributed by atoms with Gasteiger partial charge in [0.05, 0.1) is 30.6 Å². The summed E-state index contributed by atoms with van der Waals surface area (Å²) in [5.74, 6) is 0.466. The number of hydrogen-bond acceptors (Lipinski definition) is 4. The number of carbonyl (C=O) groups is 1. The minimum Gasteiger partial charge on any atom is -0.496 e. The molecule has 0 fully saturated rings. The number of fused-ring (bicyclic) bond motifs is 1. The Labute approximate surface area is 183 Å². The Morgan fingerprint density at radius 2 is 1.84 bits per heavy atom. The van der Waals surface area contributed by atoms with Gasteiger partial charge in [-0.25, -0.2) is 0 Å². The summed E-state index contributed by atoms with van der Waals surface area (Å²) in [7, 11) is 4.67. The molecule has 0 saturated carbocycles. The van der Waals surface area contributed by atoms with Crippen molar-refractivity contribution in [2.24, 2.45) is 14.1 Å². The van der Waals surface area contributed by atoms with Gasteiger partial charge in [-0.05, 0) is 32.4 Å². The van der Waals surface area contributed by atoms with Gasteiger partial charge in [-0.15, -0.1) is 0 Å². The van der Waals surface area contributed by atoms with Gasteiger partial charge in [-0.2, -0.15) is 23.4 Å². The van der Waals surface area contributed by atoms with Crippen LogP contribution in [-0.2, 0) is 33.2 Å². The Kier molecular flexibility index (Phi) is 5.26. The summed E-state index contributed by atoms with van der Waals surface area (Å²) in [5.41, 5.74) is 2.53. The molecule has 0 unspecified atom stereocenters. The van der Waals surface area contributed by atoms with Gasteiger partial charge >= 0.3 is 6.18 Å². The Morgan fingerprint density at radius 1 is 1.12 bits per heavy atom. The lowest BCUT2D eigenvalue weighted by Gasteiger charge is -2.27. The maximum Gasteiger partial charge on any atom is 0.435 e. The Bertz CT molecular complexity index is 1210. The molecule has 0 N–H and O–H groups in total. The van der Waals surface area contributed by atoms with E-state index in [0.717, 1.165) is 11.1 Å². The molecule has 170 valence electrons. The van der Waals surface area contributed by atoms with Crippen LogP contribution in [-0.4, -0.2) is 44.0 Å². The lowest BCUT2D eigenvalue weighted by atomic mass is 9.97. The number of aryl methyl sites for hydroxylation is 2. The fourth-order valence-electron chi connectivity index (χ4n) is 4.33. The number of ether oxygens (including phenoxy) is 1. The third kappa shape index (κ3) is 3.43. The number of rotatable bonds is 3. The van der Waals surface area contributed by atoms with Crippen molar-refractivity contribution in [1.29, 1.82) is 0 Å². The monoisotopic (exact) mass is 447 g/mol. The molecule has 3 heterocycles. The van der Waals surface area contributed by atoms with Crippen molar-refractivity contribution in [2.45, 2.75) is 33.0 Å². The highest BCUT2D eigenvalue weighted by Crippen LogP contribution is 2.41. The minimum absolute atomic E-state index is 0.0414. The molecule has 7 nitrogen and oxygen atoms in total. The molecule has 10 heteroatoms. The molecular formula is C22H24F3N5O2. The second-order valence-electron chi connectivity index (χ2n) is 7.94. The number of benzene rings is 1. The second-order valence-corrected chi connectivity index (χ2v) is 7.94. The van der Waals surface area contributed by atoms with Gasteiger partial charge in [0, 0.05) is 43.0 Å². The van der Waals surface area contributed by atoms with Crippen molar-refractivity contribution in [2.75, 3.05) is 13.7 Å². The molecule has 1 aliphatic rings. The van der Waals surface area contributed by atoms with E-state index in [2.05, 4.69) is 10.2 Å². The van der Waals surface area contributed by atoms with E-state index in [9.17, 15) is 18.0 Å². The first-order chi connectivity index (χ1) is 15.0. The summed E-state index contributed by atoms with van der Waals surface area (Å²) in [6, 6.07) is 5.30. The van der Waals surface area contributed by atoms with Gasteiger partial charge in [-0.1, -0.05) is 6.07 Å². The van der Waals surface area contributed by atoms with Crippen LogP contribution in [0.1, 0.15) is 38.6 Å². The van der Waals surface area contributed by atoms with E-state index in [1.165, 1.54) is 16.4 Å². The fourth-order valence-corrected chi connectivity index (χ4v) is 4.33. The zero-order chi connectivity index (χ0) is 23.4. The van der Waals surface area contributed by atoms with E-state index in [1.807, 2.05) is 6.92 Å². The highest BCUT2D eigenvalue weighted by molar-refractivity contribution is 5.96. The molecule has 3 aromatic rings. The standard InChI is InChI=1S/C22H24F3N5O2/c1-12-14(7-6-8-17(12)32-5)21(31)30-10-9-15-16(11-30)26-29(4)19(15)18-13(2)28(3)27-20(18)22(23,24)25/h6-8H,9-11H2,1-5H3.